The maximum Gasteiger partial charge on any atom is 0.234 e. The lowest BCUT2D eigenvalue weighted by Crippen LogP contribution is -2.26. The fourth-order valence-electron chi connectivity index (χ4n) is 3.87. The molecule has 2 aromatic carbocycles. The van der Waals surface area contributed by atoms with Crippen LogP contribution in [0.15, 0.2) is 53.4 Å². The van der Waals surface area contributed by atoms with E-state index < -0.39 is 15.8 Å². The maximum atomic E-state index is 13.2. The molecule has 1 aromatic heterocycles. The minimum atomic E-state index is -3.29. The highest BCUT2D eigenvalue weighted by atomic mass is 32.2. The number of sulfone groups is 1. The quantitative estimate of drug-likeness (QED) is 0.627. The molecule has 0 spiro atoms. The Bertz CT molecular complexity index is 1100. The fourth-order valence-corrected chi connectivity index (χ4v) is 4.50. The molecular weight excluding hydrogens is 402 g/mol. The molecule has 1 aliphatic heterocycles. The lowest BCUT2D eigenvalue weighted by Gasteiger charge is -2.26. The average Bonchev–Trinajstić information content (AvgIpc) is 3.14. The van der Waals surface area contributed by atoms with E-state index >= 15 is 0 Å². The van der Waals surface area contributed by atoms with Crippen molar-refractivity contribution in [2.45, 2.75) is 30.1 Å². The number of fused-ring (bicyclic) bond motifs is 1. The largest absolute Gasteiger partial charge is 0.381 e. The SMILES string of the molecule is CS(=O)(=O)c1ccc(C(CC2CCOCC2)C(=O)Nc2nc3ccccc3[nH]2)cc1. The molecule has 30 heavy (non-hydrogen) atoms. The van der Waals surface area contributed by atoms with Gasteiger partial charge in [-0.2, -0.15) is 0 Å². The van der Waals surface area contributed by atoms with Crippen LogP contribution in [0.25, 0.3) is 11.0 Å². The minimum Gasteiger partial charge on any atom is -0.381 e. The molecule has 1 atom stereocenters. The minimum absolute atomic E-state index is 0.160. The summed E-state index contributed by atoms with van der Waals surface area (Å²) in [6.45, 7) is 1.41. The lowest BCUT2D eigenvalue weighted by molar-refractivity contribution is -0.118. The maximum absolute atomic E-state index is 13.2. The predicted octanol–water partition coefficient (Wildman–Crippen LogP) is 3.51. The van der Waals surface area contributed by atoms with Crippen molar-refractivity contribution in [3.8, 4) is 0 Å². The predicted molar refractivity (Wildman–Crippen MR) is 115 cm³/mol. The lowest BCUT2D eigenvalue weighted by atomic mass is 9.84. The molecule has 1 amide bonds. The number of aromatic nitrogens is 2. The number of amides is 1. The van der Waals surface area contributed by atoms with Crippen molar-refractivity contribution in [3.05, 3.63) is 54.1 Å². The van der Waals surface area contributed by atoms with E-state index in [9.17, 15) is 13.2 Å². The van der Waals surface area contributed by atoms with Gasteiger partial charge in [0.15, 0.2) is 9.84 Å². The molecule has 8 heteroatoms. The monoisotopic (exact) mass is 427 g/mol. The van der Waals surface area contributed by atoms with Gasteiger partial charge in [-0.1, -0.05) is 24.3 Å². The highest BCUT2D eigenvalue weighted by Crippen LogP contribution is 2.31. The highest BCUT2D eigenvalue weighted by Gasteiger charge is 2.27. The number of rotatable bonds is 6. The second-order valence-corrected chi connectivity index (χ2v) is 9.79. The number of carbonyl (C=O) groups is 1. The Morgan fingerprint density at radius 2 is 1.87 bits per heavy atom. The zero-order valence-corrected chi connectivity index (χ0v) is 17.6. The number of hydrogen-bond acceptors (Lipinski definition) is 5. The first kappa shape index (κ1) is 20.6. The fraction of sp³-hybridized carbons (Fsp3) is 0.364. The van der Waals surface area contributed by atoms with Gasteiger partial charge in [0.1, 0.15) is 0 Å². The second kappa shape index (κ2) is 8.57. The van der Waals surface area contributed by atoms with Gasteiger partial charge in [-0.15, -0.1) is 0 Å². The summed E-state index contributed by atoms with van der Waals surface area (Å²) in [4.78, 5) is 21.0. The number of para-hydroxylation sites is 2. The summed E-state index contributed by atoms with van der Waals surface area (Å²) in [5, 5.41) is 2.91. The smallest absolute Gasteiger partial charge is 0.234 e. The Balaban J connectivity index is 1.59. The molecule has 7 nitrogen and oxygen atoms in total. The van der Waals surface area contributed by atoms with Crippen molar-refractivity contribution in [2.24, 2.45) is 5.92 Å². The Kier molecular flexibility index (Phi) is 5.87. The molecule has 0 radical (unpaired) electrons. The van der Waals surface area contributed by atoms with Crippen LogP contribution in [0, 0.1) is 5.92 Å². The van der Waals surface area contributed by atoms with Crippen molar-refractivity contribution < 1.29 is 17.9 Å². The molecule has 0 saturated carbocycles. The van der Waals surface area contributed by atoms with Gasteiger partial charge in [0.2, 0.25) is 11.9 Å². The third-order valence-electron chi connectivity index (χ3n) is 5.57. The van der Waals surface area contributed by atoms with E-state index in [-0.39, 0.29) is 10.8 Å². The number of aromatic amines is 1. The number of nitrogens with one attached hydrogen (secondary N) is 2. The molecule has 3 aromatic rings. The molecule has 158 valence electrons. The summed E-state index contributed by atoms with van der Waals surface area (Å²) in [5.41, 5.74) is 2.43. The van der Waals surface area contributed by atoms with Gasteiger partial charge < -0.3 is 9.72 Å². The third-order valence-corrected chi connectivity index (χ3v) is 6.70. The van der Waals surface area contributed by atoms with Crippen LogP contribution in [0.2, 0.25) is 0 Å². The number of nitrogens with zero attached hydrogens (tertiary/aromatic N) is 1. The highest BCUT2D eigenvalue weighted by molar-refractivity contribution is 7.90. The zero-order valence-electron chi connectivity index (χ0n) is 16.8. The van der Waals surface area contributed by atoms with E-state index in [1.165, 1.54) is 6.26 Å². The van der Waals surface area contributed by atoms with Crippen LogP contribution in [0.4, 0.5) is 5.95 Å². The Hall–Kier alpha value is -2.71. The van der Waals surface area contributed by atoms with Crippen LogP contribution in [0.1, 0.15) is 30.7 Å². The van der Waals surface area contributed by atoms with Crippen molar-refractivity contribution in [2.75, 3.05) is 24.8 Å². The molecule has 1 fully saturated rings. The number of hydrogen-bond donors (Lipinski definition) is 2. The van der Waals surface area contributed by atoms with E-state index in [4.69, 9.17) is 4.74 Å². The first-order chi connectivity index (χ1) is 14.4. The average molecular weight is 428 g/mol. The Morgan fingerprint density at radius 1 is 1.17 bits per heavy atom. The van der Waals surface area contributed by atoms with Crippen LogP contribution in [0.5, 0.6) is 0 Å². The van der Waals surface area contributed by atoms with Crippen LogP contribution in [0.3, 0.4) is 0 Å². The van der Waals surface area contributed by atoms with E-state index in [2.05, 4.69) is 15.3 Å². The number of imidazole rings is 1. The first-order valence-electron chi connectivity index (χ1n) is 10.0. The van der Waals surface area contributed by atoms with Gasteiger partial charge in [0.25, 0.3) is 0 Å². The molecule has 0 bridgehead atoms. The van der Waals surface area contributed by atoms with Crippen LogP contribution in [-0.4, -0.2) is 43.8 Å². The van der Waals surface area contributed by atoms with E-state index in [0.717, 1.165) is 29.4 Å². The summed E-state index contributed by atoms with van der Waals surface area (Å²) < 4.78 is 29.0. The van der Waals surface area contributed by atoms with Crippen molar-refractivity contribution >= 4 is 32.7 Å². The van der Waals surface area contributed by atoms with Crippen LogP contribution >= 0.6 is 0 Å². The van der Waals surface area contributed by atoms with E-state index in [1.54, 1.807) is 24.3 Å². The summed E-state index contributed by atoms with van der Waals surface area (Å²) in [7, 11) is -3.29. The third kappa shape index (κ3) is 4.71. The molecule has 2 N–H and O–H groups in total. The van der Waals surface area contributed by atoms with Gasteiger partial charge >= 0.3 is 0 Å². The first-order valence-corrected chi connectivity index (χ1v) is 11.9. The van der Waals surface area contributed by atoms with Gasteiger partial charge in [-0.25, -0.2) is 13.4 Å². The number of carbonyl (C=O) groups excluding carboxylic acids is 1. The van der Waals surface area contributed by atoms with Crippen LogP contribution < -0.4 is 5.32 Å². The van der Waals surface area contributed by atoms with E-state index in [0.29, 0.717) is 31.5 Å². The normalized spacial score (nSPS) is 16.4. The number of ether oxygens (including phenoxy) is 1. The van der Waals surface area contributed by atoms with Crippen molar-refractivity contribution in [3.63, 3.8) is 0 Å². The van der Waals surface area contributed by atoms with Gasteiger partial charge in [0.05, 0.1) is 21.8 Å². The summed E-state index contributed by atoms with van der Waals surface area (Å²) in [6.07, 6.45) is 3.68. The Labute approximate surface area is 175 Å². The Morgan fingerprint density at radius 3 is 2.53 bits per heavy atom. The summed E-state index contributed by atoms with van der Waals surface area (Å²) in [6, 6.07) is 14.2. The van der Waals surface area contributed by atoms with Crippen molar-refractivity contribution in [1.29, 1.82) is 0 Å². The summed E-state index contributed by atoms with van der Waals surface area (Å²) in [5.74, 6) is 0.216. The number of benzene rings is 2. The standard InChI is InChI=1S/C22H25N3O4S/c1-30(27,28)17-8-6-16(7-9-17)18(14-15-10-12-29-13-11-15)21(26)25-22-23-19-4-2-3-5-20(19)24-22/h2-9,15,18H,10-14H2,1H3,(H2,23,24,25,26). The molecule has 1 unspecified atom stereocenters. The number of anilines is 1. The molecule has 1 saturated heterocycles. The van der Waals surface area contributed by atoms with Gasteiger partial charge in [0, 0.05) is 19.5 Å². The van der Waals surface area contributed by atoms with Crippen molar-refractivity contribution in [1.82, 2.24) is 9.97 Å². The van der Waals surface area contributed by atoms with Gasteiger partial charge in [-0.05, 0) is 55.0 Å². The second-order valence-electron chi connectivity index (χ2n) is 7.78. The van der Waals surface area contributed by atoms with Gasteiger partial charge in [-0.3, -0.25) is 10.1 Å². The molecule has 1 aliphatic rings. The molecular formula is C22H25N3O4S. The number of H-pyrrole nitrogens is 1. The van der Waals surface area contributed by atoms with Crippen LogP contribution in [-0.2, 0) is 19.4 Å². The zero-order chi connectivity index (χ0) is 21.1. The molecule has 0 aliphatic carbocycles. The van der Waals surface area contributed by atoms with E-state index in [1.807, 2.05) is 24.3 Å². The molecule has 2 heterocycles. The molecule has 4 rings (SSSR count). The summed E-state index contributed by atoms with van der Waals surface area (Å²) >= 11 is 0. The topological polar surface area (TPSA) is 101 Å².